The Morgan fingerprint density at radius 2 is 1.77 bits per heavy atom. The number of phenolic OH excluding ortho intramolecular Hbond substituents is 1. The molecule has 0 bridgehead atoms. The number of alkyl carbamates (subject to hydrolysis) is 1. The summed E-state index contributed by atoms with van der Waals surface area (Å²) >= 11 is 0. The van der Waals surface area contributed by atoms with E-state index in [0.29, 0.717) is 0 Å². The average Bonchev–Trinajstić information content (AvgIpc) is 2.54. The molecule has 0 aliphatic heterocycles. The second-order valence-corrected chi connectivity index (χ2v) is 8.62. The zero-order chi connectivity index (χ0) is 19.5. The number of hydrogen-bond acceptors (Lipinski definition) is 5. The number of aromatic hydroxyl groups is 1. The maximum absolute atomic E-state index is 13.7. The summed E-state index contributed by atoms with van der Waals surface area (Å²) in [5.74, 6) is -1.22. The van der Waals surface area contributed by atoms with Crippen LogP contribution in [0.3, 0.4) is 0 Å². The van der Waals surface area contributed by atoms with Crippen molar-refractivity contribution in [3.63, 3.8) is 0 Å². The number of ether oxygens (including phenoxy) is 1. The summed E-state index contributed by atoms with van der Waals surface area (Å²) < 4.78 is 44.7. The SMILES string of the molecule is CC(C)(C)OC(=O)NC(c1cc(F)ccc1O)S(=O)(=O)c1ccccc1. The Bertz CT molecular complexity index is 892. The molecule has 1 atom stereocenters. The molecule has 140 valence electrons. The van der Waals surface area contributed by atoms with E-state index < -0.39 is 38.5 Å². The van der Waals surface area contributed by atoms with Crippen LogP contribution >= 0.6 is 0 Å². The molecule has 0 fully saturated rings. The van der Waals surface area contributed by atoms with Gasteiger partial charge in [-0.25, -0.2) is 17.6 Å². The van der Waals surface area contributed by atoms with Crippen molar-refractivity contribution in [3.8, 4) is 5.75 Å². The fourth-order valence-electron chi connectivity index (χ4n) is 2.22. The molecule has 6 nitrogen and oxygen atoms in total. The normalized spacial score (nSPS) is 13.1. The van der Waals surface area contributed by atoms with Crippen LogP contribution in [0.5, 0.6) is 5.75 Å². The molecule has 0 aliphatic rings. The van der Waals surface area contributed by atoms with Crippen molar-refractivity contribution in [1.29, 1.82) is 0 Å². The number of rotatable bonds is 4. The third-order valence-corrected chi connectivity index (χ3v) is 5.22. The van der Waals surface area contributed by atoms with Crippen LogP contribution in [0, 0.1) is 5.82 Å². The monoisotopic (exact) mass is 381 g/mol. The molecule has 1 unspecified atom stereocenters. The fraction of sp³-hybridized carbons (Fsp3) is 0.278. The molecule has 0 saturated carbocycles. The molecule has 0 heterocycles. The average molecular weight is 381 g/mol. The van der Waals surface area contributed by atoms with Gasteiger partial charge in [-0.05, 0) is 51.1 Å². The number of phenols is 1. The Labute approximate surface area is 151 Å². The Balaban J connectivity index is 2.52. The van der Waals surface area contributed by atoms with E-state index in [2.05, 4.69) is 5.32 Å². The van der Waals surface area contributed by atoms with Gasteiger partial charge in [-0.1, -0.05) is 18.2 Å². The lowest BCUT2D eigenvalue weighted by Gasteiger charge is -2.24. The Morgan fingerprint density at radius 3 is 2.35 bits per heavy atom. The topological polar surface area (TPSA) is 92.7 Å². The Hall–Kier alpha value is -2.61. The first-order valence-electron chi connectivity index (χ1n) is 7.77. The lowest BCUT2D eigenvalue weighted by molar-refractivity contribution is 0.0519. The second-order valence-electron chi connectivity index (χ2n) is 6.59. The van der Waals surface area contributed by atoms with Crippen LogP contribution in [-0.2, 0) is 14.6 Å². The molecule has 2 rings (SSSR count). The number of carbonyl (C=O) groups is 1. The number of benzene rings is 2. The lowest BCUT2D eigenvalue weighted by Crippen LogP contribution is -2.38. The maximum atomic E-state index is 13.7. The van der Waals surface area contributed by atoms with E-state index in [1.54, 1.807) is 26.8 Å². The van der Waals surface area contributed by atoms with E-state index in [4.69, 9.17) is 4.74 Å². The van der Waals surface area contributed by atoms with E-state index in [1.807, 2.05) is 0 Å². The number of amides is 1. The van der Waals surface area contributed by atoms with Gasteiger partial charge in [0, 0.05) is 5.56 Å². The van der Waals surface area contributed by atoms with Crippen LogP contribution in [0.1, 0.15) is 31.7 Å². The summed E-state index contributed by atoms with van der Waals surface area (Å²) in [4.78, 5) is 12.1. The summed E-state index contributed by atoms with van der Waals surface area (Å²) in [5.41, 5.74) is -1.16. The minimum atomic E-state index is -4.18. The standard InChI is InChI=1S/C18H20FNO5S/c1-18(2,3)25-17(22)20-16(14-11-12(19)9-10-15(14)21)26(23,24)13-7-5-4-6-8-13/h4-11,16,21H,1-3H3,(H,20,22). The largest absolute Gasteiger partial charge is 0.508 e. The quantitative estimate of drug-likeness (QED) is 0.845. The zero-order valence-electron chi connectivity index (χ0n) is 14.6. The number of halogens is 1. The minimum absolute atomic E-state index is 0.0929. The third-order valence-electron chi connectivity index (χ3n) is 3.30. The minimum Gasteiger partial charge on any atom is -0.508 e. The van der Waals surface area contributed by atoms with Crippen molar-refractivity contribution in [3.05, 3.63) is 59.9 Å². The van der Waals surface area contributed by atoms with Crippen LogP contribution in [-0.4, -0.2) is 25.2 Å². The molecule has 1 amide bonds. The van der Waals surface area contributed by atoms with Crippen molar-refractivity contribution in [2.75, 3.05) is 0 Å². The number of hydrogen-bond donors (Lipinski definition) is 2. The molecule has 0 radical (unpaired) electrons. The molecule has 0 saturated heterocycles. The Kier molecular flexibility index (Phi) is 5.56. The van der Waals surface area contributed by atoms with Crippen molar-refractivity contribution >= 4 is 15.9 Å². The summed E-state index contributed by atoms with van der Waals surface area (Å²) in [5, 5.41) is 10.5. The van der Waals surface area contributed by atoms with Crippen molar-refractivity contribution < 1.29 is 27.4 Å². The highest BCUT2D eigenvalue weighted by Gasteiger charge is 2.34. The highest BCUT2D eigenvalue weighted by Crippen LogP contribution is 2.33. The van der Waals surface area contributed by atoms with Crippen molar-refractivity contribution in [2.45, 2.75) is 36.6 Å². The maximum Gasteiger partial charge on any atom is 0.408 e. The van der Waals surface area contributed by atoms with Gasteiger partial charge < -0.3 is 15.2 Å². The van der Waals surface area contributed by atoms with Gasteiger partial charge in [0.2, 0.25) is 9.84 Å². The van der Waals surface area contributed by atoms with E-state index in [9.17, 15) is 22.7 Å². The molecular weight excluding hydrogens is 361 g/mol. The summed E-state index contributed by atoms with van der Waals surface area (Å²) in [6.07, 6.45) is -1.01. The first-order chi connectivity index (χ1) is 12.0. The van der Waals surface area contributed by atoms with Gasteiger partial charge in [-0.3, -0.25) is 0 Å². The Morgan fingerprint density at radius 1 is 1.15 bits per heavy atom. The predicted octanol–water partition coefficient (Wildman–Crippen LogP) is 3.53. The highest BCUT2D eigenvalue weighted by atomic mass is 32.2. The van der Waals surface area contributed by atoms with Crippen LogP contribution in [0.25, 0.3) is 0 Å². The van der Waals surface area contributed by atoms with Gasteiger partial charge in [0.15, 0.2) is 5.37 Å². The molecule has 0 spiro atoms. The highest BCUT2D eigenvalue weighted by molar-refractivity contribution is 7.91. The predicted molar refractivity (Wildman–Crippen MR) is 93.8 cm³/mol. The smallest absolute Gasteiger partial charge is 0.408 e. The summed E-state index contributed by atoms with van der Waals surface area (Å²) in [6.45, 7) is 4.85. The lowest BCUT2D eigenvalue weighted by atomic mass is 10.2. The van der Waals surface area contributed by atoms with Crippen LogP contribution in [0.15, 0.2) is 53.4 Å². The molecule has 0 aromatic heterocycles. The van der Waals surface area contributed by atoms with Gasteiger partial charge in [0.25, 0.3) is 0 Å². The van der Waals surface area contributed by atoms with Crippen molar-refractivity contribution in [2.24, 2.45) is 0 Å². The van der Waals surface area contributed by atoms with E-state index in [0.717, 1.165) is 18.2 Å². The molecule has 26 heavy (non-hydrogen) atoms. The van der Waals surface area contributed by atoms with Gasteiger partial charge >= 0.3 is 6.09 Å². The molecular formula is C18H20FNO5S. The molecule has 2 aromatic carbocycles. The van der Waals surface area contributed by atoms with Crippen LogP contribution < -0.4 is 5.32 Å². The van der Waals surface area contributed by atoms with Gasteiger partial charge in [0.1, 0.15) is 17.2 Å². The number of carbonyl (C=O) groups excluding carboxylic acids is 1. The summed E-state index contributed by atoms with van der Waals surface area (Å²) in [6, 6.07) is 10.2. The van der Waals surface area contributed by atoms with Crippen LogP contribution in [0.4, 0.5) is 9.18 Å². The molecule has 8 heteroatoms. The molecule has 0 aliphatic carbocycles. The van der Waals surface area contributed by atoms with E-state index in [-0.39, 0.29) is 10.5 Å². The molecule has 2 aromatic rings. The van der Waals surface area contributed by atoms with E-state index in [1.165, 1.54) is 24.3 Å². The van der Waals surface area contributed by atoms with E-state index >= 15 is 0 Å². The van der Waals surface area contributed by atoms with Crippen molar-refractivity contribution in [1.82, 2.24) is 5.32 Å². The van der Waals surface area contributed by atoms with Gasteiger partial charge in [-0.2, -0.15) is 0 Å². The van der Waals surface area contributed by atoms with Crippen LogP contribution in [0.2, 0.25) is 0 Å². The van der Waals surface area contributed by atoms with Gasteiger partial charge in [-0.15, -0.1) is 0 Å². The zero-order valence-corrected chi connectivity index (χ0v) is 15.4. The third kappa shape index (κ3) is 4.72. The van der Waals surface area contributed by atoms with Gasteiger partial charge in [0.05, 0.1) is 4.90 Å². The molecule has 2 N–H and O–H groups in total. The number of nitrogens with one attached hydrogen (secondary N) is 1. The summed E-state index contributed by atoms with van der Waals surface area (Å²) in [7, 11) is -4.18. The first-order valence-corrected chi connectivity index (χ1v) is 9.32. The first kappa shape index (κ1) is 19.7. The fourth-order valence-corrected chi connectivity index (χ4v) is 3.80. The second kappa shape index (κ2) is 7.33. The number of sulfone groups is 1.